The molecule has 22 heavy (non-hydrogen) atoms. The van der Waals surface area contributed by atoms with Gasteiger partial charge in [0.15, 0.2) is 4.32 Å². The van der Waals surface area contributed by atoms with Gasteiger partial charge in [-0.2, -0.15) is 0 Å². The molecular weight excluding hydrogens is 334 g/mol. The standard InChI is InChI=1S/C17H12ClNOS2/c1-11-2-8-14(9-3-11)19-16(20)15(22-17(19)21)10-12-4-6-13(18)7-5-12/h2-10H,1H3/b15-10+. The van der Waals surface area contributed by atoms with E-state index in [0.717, 1.165) is 16.8 Å². The van der Waals surface area contributed by atoms with Gasteiger partial charge in [0.25, 0.3) is 5.91 Å². The molecule has 1 aliphatic rings. The Balaban J connectivity index is 1.91. The molecule has 1 heterocycles. The Morgan fingerprint density at radius 3 is 2.36 bits per heavy atom. The van der Waals surface area contributed by atoms with E-state index in [4.69, 9.17) is 23.8 Å². The molecule has 1 amide bonds. The number of hydrogen-bond acceptors (Lipinski definition) is 3. The molecule has 0 saturated carbocycles. The van der Waals surface area contributed by atoms with Gasteiger partial charge in [0.1, 0.15) is 0 Å². The van der Waals surface area contributed by atoms with Crippen molar-refractivity contribution in [3.63, 3.8) is 0 Å². The number of benzene rings is 2. The van der Waals surface area contributed by atoms with E-state index < -0.39 is 0 Å². The second kappa shape index (κ2) is 6.24. The summed E-state index contributed by atoms with van der Waals surface area (Å²) in [5, 5.41) is 0.671. The van der Waals surface area contributed by atoms with Gasteiger partial charge in [-0.3, -0.25) is 9.69 Å². The molecule has 0 aromatic heterocycles. The van der Waals surface area contributed by atoms with Gasteiger partial charge in [0.2, 0.25) is 0 Å². The third-order valence-electron chi connectivity index (χ3n) is 3.25. The number of rotatable bonds is 2. The van der Waals surface area contributed by atoms with E-state index >= 15 is 0 Å². The van der Waals surface area contributed by atoms with Crippen LogP contribution in [-0.4, -0.2) is 10.2 Å². The molecule has 0 aliphatic carbocycles. The maximum Gasteiger partial charge on any atom is 0.270 e. The number of hydrogen-bond donors (Lipinski definition) is 0. The van der Waals surface area contributed by atoms with E-state index in [1.54, 1.807) is 17.0 Å². The summed E-state index contributed by atoms with van der Waals surface area (Å²) in [6, 6.07) is 15.1. The smallest absolute Gasteiger partial charge is 0.268 e. The van der Waals surface area contributed by atoms with Crippen LogP contribution in [0, 0.1) is 6.92 Å². The summed E-state index contributed by atoms with van der Waals surface area (Å²) in [6.07, 6.45) is 1.84. The van der Waals surface area contributed by atoms with Crippen LogP contribution < -0.4 is 4.90 Å². The number of anilines is 1. The van der Waals surface area contributed by atoms with Crippen molar-refractivity contribution in [3.8, 4) is 0 Å². The van der Waals surface area contributed by atoms with Crippen LogP contribution in [0.3, 0.4) is 0 Å². The van der Waals surface area contributed by atoms with Crippen molar-refractivity contribution < 1.29 is 4.79 Å². The average molecular weight is 346 g/mol. The number of amides is 1. The number of thiocarbonyl (C=S) groups is 1. The fourth-order valence-electron chi connectivity index (χ4n) is 2.09. The molecule has 1 aliphatic heterocycles. The summed E-state index contributed by atoms with van der Waals surface area (Å²) >= 11 is 12.5. The first-order valence-corrected chi connectivity index (χ1v) is 8.25. The highest BCUT2D eigenvalue weighted by Gasteiger charge is 2.33. The van der Waals surface area contributed by atoms with Gasteiger partial charge >= 0.3 is 0 Å². The largest absolute Gasteiger partial charge is 0.270 e. The maximum atomic E-state index is 12.6. The summed E-state index contributed by atoms with van der Waals surface area (Å²) in [6.45, 7) is 2.01. The molecule has 0 atom stereocenters. The molecule has 110 valence electrons. The lowest BCUT2D eigenvalue weighted by atomic mass is 10.2. The molecule has 1 saturated heterocycles. The zero-order valence-corrected chi connectivity index (χ0v) is 14.1. The van der Waals surface area contributed by atoms with Crippen molar-refractivity contribution in [2.75, 3.05) is 4.90 Å². The molecule has 3 rings (SSSR count). The summed E-state index contributed by atoms with van der Waals surface area (Å²) in [4.78, 5) is 14.8. The number of carbonyl (C=O) groups is 1. The van der Waals surface area contributed by atoms with E-state index in [0.29, 0.717) is 14.2 Å². The quantitative estimate of drug-likeness (QED) is 0.561. The minimum atomic E-state index is -0.0891. The van der Waals surface area contributed by atoms with E-state index in [2.05, 4.69) is 0 Å². The van der Waals surface area contributed by atoms with Crippen molar-refractivity contribution in [3.05, 3.63) is 69.6 Å². The minimum absolute atomic E-state index is 0.0891. The molecular formula is C17H12ClNOS2. The van der Waals surface area contributed by atoms with Crippen LogP contribution in [0.15, 0.2) is 53.4 Å². The van der Waals surface area contributed by atoms with Crippen LogP contribution in [0.25, 0.3) is 6.08 Å². The van der Waals surface area contributed by atoms with Gasteiger partial charge in [-0.05, 0) is 42.8 Å². The Morgan fingerprint density at radius 1 is 1.09 bits per heavy atom. The monoisotopic (exact) mass is 345 g/mol. The number of carbonyl (C=O) groups excluding carboxylic acids is 1. The lowest BCUT2D eigenvalue weighted by Crippen LogP contribution is -2.27. The molecule has 2 aromatic rings. The lowest BCUT2D eigenvalue weighted by molar-refractivity contribution is -0.113. The summed E-state index contributed by atoms with van der Waals surface area (Å²) in [5.41, 5.74) is 2.87. The van der Waals surface area contributed by atoms with Crippen LogP contribution in [0.4, 0.5) is 5.69 Å². The predicted octanol–water partition coefficient (Wildman–Crippen LogP) is 5.05. The second-order valence-corrected chi connectivity index (χ2v) is 7.02. The maximum absolute atomic E-state index is 12.6. The average Bonchev–Trinajstić information content (AvgIpc) is 2.77. The summed E-state index contributed by atoms with van der Waals surface area (Å²) < 4.78 is 0.550. The van der Waals surface area contributed by atoms with E-state index in [1.165, 1.54) is 11.8 Å². The highest BCUT2D eigenvalue weighted by Crippen LogP contribution is 2.36. The first-order valence-electron chi connectivity index (χ1n) is 6.65. The summed E-state index contributed by atoms with van der Waals surface area (Å²) in [7, 11) is 0. The molecule has 2 nitrogen and oxygen atoms in total. The van der Waals surface area contributed by atoms with Gasteiger partial charge in [0, 0.05) is 5.02 Å². The molecule has 0 bridgehead atoms. The van der Waals surface area contributed by atoms with Crippen molar-refractivity contribution in [2.45, 2.75) is 6.92 Å². The predicted molar refractivity (Wildman–Crippen MR) is 98.3 cm³/mol. The Bertz CT molecular complexity index is 766. The fourth-order valence-corrected chi connectivity index (χ4v) is 3.52. The number of aryl methyl sites for hydroxylation is 1. The van der Waals surface area contributed by atoms with E-state index in [-0.39, 0.29) is 5.91 Å². The Labute approximate surface area is 143 Å². The molecule has 5 heteroatoms. The van der Waals surface area contributed by atoms with Crippen LogP contribution in [0.1, 0.15) is 11.1 Å². The summed E-state index contributed by atoms with van der Waals surface area (Å²) in [5.74, 6) is -0.0891. The highest BCUT2D eigenvalue weighted by molar-refractivity contribution is 8.27. The molecule has 0 unspecified atom stereocenters. The first kappa shape index (κ1) is 15.3. The van der Waals surface area contributed by atoms with Gasteiger partial charge in [0.05, 0.1) is 10.6 Å². The van der Waals surface area contributed by atoms with Crippen LogP contribution in [0.5, 0.6) is 0 Å². The van der Waals surface area contributed by atoms with Gasteiger partial charge in [-0.1, -0.05) is 65.4 Å². The minimum Gasteiger partial charge on any atom is -0.268 e. The Hall–Kier alpha value is -1.62. The normalized spacial score (nSPS) is 16.6. The third-order valence-corrected chi connectivity index (χ3v) is 4.81. The Morgan fingerprint density at radius 2 is 1.73 bits per heavy atom. The van der Waals surface area contributed by atoms with Crippen molar-refractivity contribution in [1.82, 2.24) is 0 Å². The first-order chi connectivity index (χ1) is 10.5. The molecule has 2 aromatic carbocycles. The van der Waals surface area contributed by atoms with Crippen molar-refractivity contribution >= 4 is 57.6 Å². The topological polar surface area (TPSA) is 20.3 Å². The second-order valence-electron chi connectivity index (χ2n) is 4.90. The number of nitrogens with zero attached hydrogens (tertiary/aromatic N) is 1. The van der Waals surface area contributed by atoms with Crippen LogP contribution in [0.2, 0.25) is 5.02 Å². The van der Waals surface area contributed by atoms with Crippen molar-refractivity contribution in [2.24, 2.45) is 0 Å². The third kappa shape index (κ3) is 3.09. The van der Waals surface area contributed by atoms with Gasteiger partial charge < -0.3 is 0 Å². The molecule has 0 spiro atoms. The number of thioether (sulfide) groups is 1. The highest BCUT2D eigenvalue weighted by atomic mass is 35.5. The fraction of sp³-hybridized carbons (Fsp3) is 0.0588. The van der Waals surface area contributed by atoms with Crippen molar-refractivity contribution in [1.29, 1.82) is 0 Å². The van der Waals surface area contributed by atoms with E-state index in [9.17, 15) is 4.79 Å². The lowest BCUT2D eigenvalue weighted by Gasteiger charge is -2.14. The van der Waals surface area contributed by atoms with Gasteiger partial charge in [-0.15, -0.1) is 0 Å². The molecule has 0 radical (unpaired) electrons. The molecule has 1 fully saturated rings. The van der Waals surface area contributed by atoms with Gasteiger partial charge in [-0.25, -0.2) is 0 Å². The van der Waals surface area contributed by atoms with Crippen LogP contribution >= 0.6 is 35.6 Å². The van der Waals surface area contributed by atoms with E-state index in [1.807, 2.05) is 49.4 Å². The molecule has 0 N–H and O–H groups in total. The zero-order chi connectivity index (χ0) is 15.7. The zero-order valence-electron chi connectivity index (χ0n) is 11.7. The Kier molecular flexibility index (Phi) is 4.34. The number of halogens is 1. The SMILES string of the molecule is Cc1ccc(N2C(=O)/C(=C\c3ccc(Cl)cc3)SC2=S)cc1. The van der Waals surface area contributed by atoms with Crippen LogP contribution in [-0.2, 0) is 4.79 Å².